The van der Waals surface area contributed by atoms with E-state index >= 15 is 0 Å². The first-order valence-corrected chi connectivity index (χ1v) is 7.52. The van der Waals surface area contributed by atoms with Crippen LogP contribution in [0.25, 0.3) is 10.2 Å². The van der Waals surface area contributed by atoms with Crippen LogP contribution in [0.15, 0.2) is 36.4 Å². The highest BCUT2D eigenvalue weighted by Crippen LogP contribution is 2.32. The van der Waals surface area contributed by atoms with Gasteiger partial charge in [-0.05, 0) is 35.9 Å². The van der Waals surface area contributed by atoms with E-state index in [1.807, 2.05) is 0 Å². The van der Waals surface area contributed by atoms with Crippen LogP contribution in [0, 0.1) is 5.82 Å². The van der Waals surface area contributed by atoms with Crippen LogP contribution in [0.2, 0.25) is 5.02 Å². The van der Waals surface area contributed by atoms with Crippen molar-refractivity contribution < 1.29 is 14.3 Å². The van der Waals surface area contributed by atoms with Crippen LogP contribution < -0.4 is 10.4 Å². The lowest BCUT2D eigenvalue weighted by molar-refractivity contribution is -0.304. The molecule has 0 atom stereocenters. The van der Waals surface area contributed by atoms with E-state index in [4.69, 9.17) is 11.6 Å². The number of anilines is 2. The Kier molecular flexibility index (Phi) is 3.96. The Labute approximate surface area is 134 Å². The maximum Gasteiger partial charge on any atom is 0.188 e. The van der Waals surface area contributed by atoms with E-state index in [1.54, 1.807) is 24.3 Å². The zero-order valence-corrected chi connectivity index (χ0v) is 12.7. The Morgan fingerprint density at radius 1 is 1.32 bits per heavy atom. The molecule has 1 N–H and O–H groups in total. The number of nitrogens with one attached hydrogen (secondary N) is 1. The molecule has 0 aliphatic heterocycles. The Bertz CT molecular complexity index is 866. The van der Waals surface area contributed by atoms with Crippen LogP contribution in [0.5, 0.6) is 0 Å². The van der Waals surface area contributed by atoms with Gasteiger partial charge in [-0.3, -0.25) is 0 Å². The highest BCUT2D eigenvalue weighted by Gasteiger charge is 2.08. The number of hydrogen-bond acceptors (Lipinski definition) is 5. The summed E-state index contributed by atoms with van der Waals surface area (Å²) in [5.74, 6) is -1.47. The van der Waals surface area contributed by atoms with Crippen molar-refractivity contribution in [2.24, 2.45) is 0 Å². The van der Waals surface area contributed by atoms with Crippen LogP contribution >= 0.6 is 22.9 Å². The lowest BCUT2D eigenvalue weighted by atomic mass is 10.1. The summed E-state index contributed by atoms with van der Waals surface area (Å²) in [6.07, 6.45) is -0.194. The molecule has 2 aromatic carbocycles. The smallest absolute Gasteiger partial charge is 0.188 e. The number of rotatable bonds is 4. The fourth-order valence-electron chi connectivity index (χ4n) is 2.00. The predicted octanol–water partition coefficient (Wildman–Crippen LogP) is 3.12. The number of nitrogens with zero attached hydrogens (tertiary/aromatic N) is 1. The van der Waals surface area contributed by atoms with Gasteiger partial charge in [0.1, 0.15) is 5.82 Å². The normalized spacial score (nSPS) is 10.8. The van der Waals surface area contributed by atoms with Crippen LogP contribution in [0.4, 0.5) is 15.2 Å². The van der Waals surface area contributed by atoms with Gasteiger partial charge in [0.2, 0.25) is 0 Å². The van der Waals surface area contributed by atoms with Crippen molar-refractivity contribution in [1.82, 2.24) is 4.98 Å². The monoisotopic (exact) mass is 335 g/mol. The first-order chi connectivity index (χ1) is 10.5. The van der Waals surface area contributed by atoms with Crippen molar-refractivity contribution >= 4 is 49.9 Å². The molecule has 0 bridgehead atoms. The van der Waals surface area contributed by atoms with Crippen LogP contribution in [0.1, 0.15) is 5.56 Å². The largest absolute Gasteiger partial charge is 0.550 e. The molecule has 3 aromatic rings. The number of carbonyl (C=O) groups excluding carboxylic acids is 1. The van der Waals surface area contributed by atoms with Gasteiger partial charge in [-0.1, -0.05) is 29.0 Å². The molecule has 112 valence electrons. The molecule has 22 heavy (non-hydrogen) atoms. The topological polar surface area (TPSA) is 65.0 Å². The summed E-state index contributed by atoms with van der Waals surface area (Å²) in [4.78, 5) is 14.9. The van der Waals surface area contributed by atoms with Crippen molar-refractivity contribution in [3.05, 3.63) is 52.8 Å². The van der Waals surface area contributed by atoms with E-state index in [1.165, 1.54) is 23.5 Å². The van der Waals surface area contributed by atoms with E-state index in [0.717, 1.165) is 4.70 Å². The van der Waals surface area contributed by atoms with Crippen LogP contribution in [0.3, 0.4) is 0 Å². The van der Waals surface area contributed by atoms with Crippen molar-refractivity contribution in [2.45, 2.75) is 6.42 Å². The Morgan fingerprint density at radius 2 is 2.14 bits per heavy atom. The Balaban J connectivity index is 1.86. The van der Waals surface area contributed by atoms with Gasteiger partial charge in [-0.25, -0.2) is 9.37 Å². The van der Waals surface area contributed by atoms with Crippen molar-refractivity contribution in [3.63, 3.8) is 0 Å². The summed E-state index contributed by atoms with van der Waals surface area (Å²) in [5, 5.41) is 14.6. The summed E-state index contributed by atoms with van der Waals surface area (Å²) < 4.78 is 13.9. The summed E-state index contributed by atoms with van der Waals surface area (Å²) in [7, 11) is 0. The second-order valence-electron chi connectivity index (χ2n) is 4.62. The van der Waals surface area contributed by atoms with Crippen LogP contribution in [-0.4, -0.2) is 11.0 Å². The van der Waals surface area contributed by atoms with Crippen molar-refractivity contribution in [2.75, 3.05) is 5.32 Å². The van der Waals surface area contributed by atoms with E-state index in [0.29, 0.717) is 26.9 Å². The maximum absolute atomic E-state index is 13.2. The molecule has 3 rings (SSSR count). The molecule has 0 aliphatic carbocycles. The lowest BCUT2D eigenvalue weighted by Gasteiger charge is -2.08. The molecular weight excluding hydrogens is 327 g/mol. The fraction of sp³-hybridized carbons (Fsp3) is 0.0667. The summed E-state index contributed by atoms with van der Waals surface area (Å²) in [6, 6.07) is 9.27. The van der Waals surface area contributed by atoms with Crippen LogP contribution in [-0.2, 0) is 11.2 Å². The van der Waals surface area contributed by atoms with E-state index in [9.17, 15) is 14.3 Å². The SMILES string of the molecule is O=C([O-])Cc1ccc(Nc2nc3ccc(F)cc3s2)c(Cl)c1. The molecule has 0 radical (unpaired) electrons. The molecule has 4 nitrogen and oxygen atoms in total. The van der Waals surface area contributed by atoms with Gasteiger partial charge in [-0.2, -0.15) is 0 Å². The number of benzene rings is 2. The molecule has 7 heteroatoms. The second kappa shape index (κ2) is 5.90. The number of halogens is 2. The van der Waals surface area contributed by atoms with Crippen molar-refractivity contribution in [1.29, 1.82) is 0 Å². The molecule has 1 heterocycles. The zero-order valence-electron chi connectivity index (χ0n) is 11.1. The average Bonchev–Trinajstić information content (AvgIpc) is 2.82. The molecule has 0 amide bonds. The van der Waals surface area contributed by atoms with Gasteiger partial charge in [0, 0.05) is 12.4 Å². The van der Waals surface area contributed by atoms with Gasteiger partial charge in [-0.15, -0.1) is 0 Å². The number of carboxylic acids is 1. The summed E-state index contributed by atoms with van der Waals surface area (Å²) >= 11 is 7.43. The van der Waals surface area contributed by atoms with Gasteiger partial charge in [0.05, 0.1) is 20.9 Å². The van der Waals surface area contributed by atoms with Gasteiger partial charge in [0.25, 0.3) is 0 Å². The molecule has 0 unspecified atom stereocenters. The van der Waals surface area contributed by atoms with Gasteiger partial charge < -0.3 is 15.2 Å². The number of hydrogen-bond donors (Lipinski definition) is 1. The highest BCUT2D eigenvalue weighted by atomic mass is 35.5. The van der Waals surface area contributed by atoms with Gasteiger partial charge >= 0.3 is 0 Å². The quantitative estimate of drug-likeness (QED) is 0.795. The summed E-state index contributed by atoms with van der Waals surface area (Å²) in [5.41, 5.74) is 1.85. The first-order valence-electron chi connectivity index (χ1n) is 6.32. The first kappa shape index (κ1) is 14.7. The average molecular weight is 336 g/mol. The maximum atomic E-state index is 13.2. The third-order valence-electron chi connectivity index (χ3n) is 2.97. The van der Waals surface area contributed by atoms with E-state index in [2.05, 4.69) is 10.3 Å². The molecule has 0 aliphatic rings. The van der Waals surface area contributed by atoms with Gasteiger partial charge in [0.15, 0.2) is 5.13 Å². The third kappa shape index (κ3) is 3.18. The Hall–Kier alpha value is -2.18. The predicted molar refractivity (Wildman–Crippen MR) is 83.0 cm³/mol. The lowest BCUT2D eigenvalue weighted by Crippen LogP contribution is -2.24. The summed E-state index contributed by atoms with van der Waals surface area (Å²) in [6.45, 7) is 0. The number of carboxylic acid groups (broad SMARTS) is 1. The number of aromatic nitrogens is 1. The minimum atomic E-state index is -1.16. The number of carbonyl (C=O) groups is 1. The molecular formula is C15H9ClFN2O2S-. The third-order valence-corrected chi connectivity index (χ3v) is 4.22. The zero-order chi connectivity index (χ0) is 15.7. The molecule has 0 saturated heterocycles. The number of thiazole rings is 1. The minimum Gasteiger partial charge on any atom is -0.550 e. The molecule has 1 aromatic heterocycles. The van der Waals surface area contributed by atoms with E-state index < -0.39 is 5.97 Å². The van der Waals surface area contributed by atoms with Crippen molar-refractivity contribution in [3.8, 4) is 0 Å². The molecule has 0 saturated carbocycles. The minimum absolute atomic E-state index is 0.194. The fourth-order valence-corrected chi connectivity index (χ4v) is 3.16. The highest BCUT2D eigenvalue weighted by molar-refractivity contribution is 7.22. The molecule has 0 fully saturated rings. The van der Waals surface area contributed by atoms with E-state index in [-0.39, 0.29) is 12.2 Å². The number of fused-ring (bicyclic) bond motifs is 1. The standard InChI is InChI=1S/C15H10ClFN2O2S/c16-10-5-8(6-14(20)21)1-3-11(10)18-15-19-12-4-2-9(17)7-13(12)22-15/h1-5,7H,6H2,(H,18,19)(H,20,21)/p-1. The Morgan fingerprint density at radius 3 is 2.86 bits per heavy atom. The second-order valence-corrected chi connectivity index (χ2v) is 6.06. The number of aliphatic carboxylic acids is 1. The molecule has 0 spiro atoms.